The third kappa shape index (κ3) is 6.06. The van der Waals surface area contributed by atoms with E-state index >= 15 is 0 Å². The van der Waals surface area contributed by atoms with Crippen LogP contribution in [0.2, 0.25) is 0 Å². The lowest BCUT2D eigenvalue weighted by molar-refractivity contribution is -0.121. The summed E-state index contributed by atoms with van der Waals surface area (Å²) in [5, 5.41) is 6.19. The lowest BCUT2D eigenvalue weighted by atomic mass is 10.1. The number of amides is 1. The first kappa shape index (κ1) is 16.5. The summed E-state index contributed by atoms with van der Waals surface area (Å²) in [5.74, 6) is 1.51. The number of nitrogens with one attached hydrogen (secondary N) is 2. The molecule has 1 amide bonds. The second-order valence-electron chi connectivity index (χ2n) is 5.43. The average Bonchev–Trinajstić information content (AvgIpc) is 2.41. The first-order valence-corrected chi connectivity index (χ1v) is 7.14. The van der Waals surface area contributed by atoms with Crippen molar-refractivity contribution < 1.29 is 9.53 Å². The molecular formula is C16H26N2O2. The molecule has 2 N–H and O–H groups in total. The van der Waals surface area contributed by atoms with Gasteiger partial charge in [-0.15, -0.1) is 0 Å². The number of hydrogen-bond donors (Lipinski definition) is 2. The van der Waals surface area contributed by atoms with Crippen LogP contribution >= 0.6 is 0 Å². The van der Waals surface area contributed by atoms with Crippen molar-refractivity contribution in [2.45, 2.75) is 33.7 Å². The van der Waals surface area contributed by atoms with Gasteiger partial charge in [0.1, 0.15) is 5.75 Å². The predicted molar refractivity (Wildman–Crippen MR) is 81.9 cm³/mol. The molecule has 0 bridgehead atoms. The molecule has 1 aromatic carbocycles. The standard InChI is InChI=1S/C16H26N2O2/c1-12(2)10-18-16(19)7-8-17-11-14-5-6-15(20-4)13(3)9-14/h5-6,9,12,17H,7-8,10-11H2,1-4H3,(H,18,19). The van der Waals surface area contributed by atoms with Crippen LogP contribution in [-0.4, -0.2) is 26.1 Å². The van der Waals surface area contributed by atoms with Gasteiger partial charge >= 0.3 is 0 Å². The fourth-order valence-corrected chi connectivity index (χ4v) is 1.89. The van der Waals surface area contributed by atoms with Crippen molar-refractivity contribution in [3.8, 4) is 5.75 Å². The second kappa shape index (κ2) is 8.59. The topological polar surface area (TPSA) is 50.4 Å². The van der Waals surface area contributed by atoms with Crippen molar-refractivity contribution in [3.05, 3.63) is 29.3 Å². The Hall–Kier alpha value is -1.55. The summed E-state index contributed by atoms with van der Waals surface area (Å²) in [6.07, 6.45) is 0.516. The summed E-state index contributed by atoms with van der Waals surface area (Å²) < 4.78 is 5.23. The zero-order valence-electron chi connectivity index (χ0n) is 13.0. The summed E-state index contributed by atoms with van der Waals surface area (Å²) in [5.41, 5.74) is 2.33. The summed E-state index contributed by atoms with van der Waals surface area (Å²) in [6, 6.07) is 6.12. The van der Waals surface area contributed by atoms with Crippen LogP contribution in [0.25, 0.3) is 0 Å². The van der Waals surface area contributed by atoms with Gasteiger partial charge in [0.25, 0.3) is 0 Å². The van der Waals surface area contributed by atoms with Crippen molar-refractivity contribution in [2.75, 3.05) is 20.2 Å². The van der Waals surface area contributed by atoms with Crippen LogP contribution in [0.3, 0.4) is 0 Å². The van der Waals surface area contributed by atoms with Crippen molar-refractivity contribution in [2.24, 2.45) is 5.92 Å². The van der Waals surface area contributed by atoms with Gasteiger partial charge in [0, 0.05) is 26.1 Å². The number of hydrogen-bond acceptors (Lipinski definition) is 3. The van der Waals surface area contributed by atoms with Crippen molar-refractivity contribution in [3.63, 3.8) is 0 Å². The molecule has 0 unspecified atom stereocenters. The van der Waals surface area contributed by atoms with Gasteiger partial charge in [-0.05, 0) is 30.0 Å². The van der Waals surface area contributed by atoms with E-state index in [1.807, 2.05) is 19.1 Å². The Kier molecular flexibility index (Phi) is 7.09. The molecule has 0 heterocycles. The molecule has 0 saturated carbocycles. The minimum atomic E-state index is 0.108. The monoisotopic (exact) mass is 278 g/mol. The van der Waals surface area contributed by atoms with E-state index in [1.165, 1.54) is 5.56 Å². The molecule has 0 radical (unpaired) electrons. The largest absolute Gasteiger partial charge is 0.496 e. The van der Waals surface area contributed by atoms with Crippen LogP contribution < -0.4 is 15.4 Å². The van der Waals surface area contributed by atoms with Crippen LogP contribution in [0.5, 0.6) is 5.75 Å². The minimum Gasteiger partial charge on any atom is -0.496 e. The second-order valence-corrected chi connectivity index (χ2v) is 5.43. The average molecular weight is 278 g/mol. The molecule has 0 aliphatic rings. The van der Waals surface area contributed by atoms with Crippen LogP contribution in [-0.2, 0) is 11.3 Å². The van der Waals surface area contributed by atoms with E-state index in [0.29, 0.717) is 18.9 Å². The number of carbonyl (C=O) groups is 1. The fraction of sp³-hybridized carbons (Fsp3) is 0.562. The number of benzene rings is 1. The Balaban J connectivity index is 2.24. The van der Waals surface area contributed by atoms with E-state index in [4.69, 9.17) is 4.74 Å². The Morgan fingerprint density at radius 2 is 2.10 bits per heavy atom. The molecule has 1 rings (SSSR count). The molecule has 0 aromatic heterocycles. The van der Waals surface area contributed by atoms with E-state index in [0.717, 1.165) is 24.4 Å². The van der Waals surface area contributed by atoms with Gasteiger partial charge in [-0.25, -0.2) is 0 Å². The smallest absolute Gasteiger partial charge is 0.221 e. The molecule has 0 saturated heterocycles. The summed E-state index contributed by atoms with van der Waals surface area (Å²) >= 11 is 0. The van der Waals surface area contributed by atoms with Gasteiger partial charge in [-0.2, -0.15) is 0 Å². The molecule has 4 heteroatoms. The van der Waals surface area contributed by atoms with E-state index in [2.05, 4.69) is 30.5 Å². The van der Waals surface area contributed by atoms with Crippen molar-refractivity contribution in [1.82, 2.24) is 10.6 Å². The van der Waals surface area contributed by atoms with Gasteiger partial charge in [-0.3, -0.25) is 4.79 Å². The number of ether oxygens (including phenoxy) is 1. The summed E-state index contributed by atoms with van der Waals surface area (Å²) in [4.78, 5) is 11.5. The molecule has 20 heavy (non-hydrogen) atoms. The maximum atomic E-state index is 11.5. The molecule has 0 atom stereocenters. The predicted octanol–water partition coefficient (Wildman–Crippen LogP) is 2.26. The maximum absolute atomic E-state index is 11.5. The Morgan fingerprint density at radius 3 is 2.70 bits per heavy atom. The molecule has 0 spiro atoms. The Morgan fingerprint density at radius 1 is 1.35 bits per heavy atom. The molecule has 4 nitrogen and oxygen atoms in total. The highest BCUT2D eigenvalue weighted by Crippen LogP contribution is 2.18. The van der Waals surface area contributed by atoms with Crippen molar-refractivity contribution in [1.29, 1.82) is 0 Å². The quantitative estimate of drug-likeness (QED) is 0.717. The van der Waals surface area contributed by atoms with E-state index in [1.54, 1.807) is 7.11 Å². The van der Waals surface area contributed by atoms with Crippen LogP contribution in [0.15, 0.2) is 18.2 Å². The first-order chi connectivity index (χ1) is 9.52. The van der Waals surface area contributed by atoms with Gasteiger partial charge in [0.05, 0.1) is 7.11 Å². The molecular weight excluding hydrogens is 252 g/mol. The zero-order chi connectivity index (χ0) is 15.0. The van der Waals surface area contributed by atoms with Crippen LogP contribution in [0.4, 0.5) is 0 Å². The van der Waals surface area contributed by atoms with E-state index in [-0.39, 0.29) is 5.91 Å². The fourth-order valence-electron chi connectivity index (χ4n) is 1.89. The van der Waals surface area contributed by atoms with E-state index < -0.39 is 0 Å². The number of rotatable bonds is 8. The number of carbonyl (C=O) groups excluding carboxylic acids is 1. The summed E-state index contributed by atoms with van der Waals surface area (Å²) in [6.45, 7) is 8.41. The maximum Gasteiger partial charge on any atom is 0.221 e. The molecule has 0 fully saturated rings. The van der Waals surface area contributed by atoms with Gasteiger partial charge in [0.15, 0.2) is 0 Å². The zero-order valence-corrected chi connectivity index (χ0v) is 13.0. The third-order valence-corrected chi connectivity index (χ3v) is 3.02. The summed E-state index contributed by atoms with van der Waals surface area (Å²) in [7, 11) is 1.68. The molecule has 0 aliphatic heterocycles. The lowest BCUT2D eigenvalue weighted by Crippen LogP contribution is -2.30. The normalized spacial score (nSPS) is 10.7. The highest BCUT2D eigenvalue weighted by Gasteiger charge is 2.03. The van der Waals surface area contributed by atoms with Gasteiger partial charge < -0.3 is 15.4 Å². The Bertz CT molecular complexity index is 430. The van der Waals surface area contributed by atoms with Gasteiger partial charge in [0.2, 0.25) is 5.91 Å². The third-order valence-electron chi connectivity index (χ3n) is 3.02. The van der Waals surface area contributed by atoms with E-state index in [9.17, 15) is 4.79 Å². The molecule has 0 aliphatic carbocycles. The Labute approximate surface area is 121 Å². The number of aryl methyl sites for hydroxylation is 1. The highest BCUT2D eigenvalue weighted by atomic mass is 16.5. The first-order valence-electron chi connectivity index (χ1n) is 7.14. The minimum absolute atomic E-state index is 0.108. The van der Waals surface area contributed by atoms with Crippen molar-refractivity contribution >= 4 is 5.91 Å². The van der Waals surface area contributed by atoms with Crippen LogP contribution in [0.1, 0.15) is 31.4 Å². The van der Waals surface area contributed by atoms with Crippen LogP contribution in [0, 0.1) is 12.8 Å². The number of methoxy groups -OCH3 is 1. The molecule has 112 valence electrons. The molecule has 1 aromatic rings. The lowest BCUT2D eigenvalue weighted by Gasteiger charge is -2.10. The SMILES string of the molecule is COc1ccc(CNCCC(=O)NCC(C)C)cc1C. The van der Waals surface area contributed by atoms with Gasteiger partial charge in [-0.1, -0.05) is 26.0 Å². The highest BCUT2D eigenvalue weighted by molar-refractivity contribution is 5.76.